The number of nitrogens with zero attached hydrogens (tertiary/aromatic N) is 1. The van der Waals surface area contributed by atoms with Gasteiger partial charge in [-0.2, -0.15) is 0 Å². The SMILES string of the molecule is COc1ccccc1C1=C(Nc2cc(Cl)ccc2C)C(=O)N(c2cccc(Cl)c2)C1=O. The van der Waals surface area contributed by atoms with Crippen LogP contribution in [-0.4, -0.2) is 18.9 Å². The highest BCUT2D eigenvalue weighted by Gasteiger charge is 2.41. The van der Waals surface area contributed by atoms with Crippen LogP contribution in [0.15, 0.2) is 72.4 Å². The van der Waals surface area contributed by atoms with E-state index in [2.05, 4.69) is 5.32 Å². The number of carbonyl (C=O) groups is 2. The first-order chi connectivity index (χ1) is 14.9. The van der Waals surface area contributed by atoms with Crippen LogP contribution in [-0.2, 0) is 9.59 Å². The van der Waals surface area contributed by atoms with Gasteiger partial charge in [0.2, 0.25) is 0 Å². The number of para-hydroxylation sites is 1. The van der Waals surface area contributed by atoms with Crippen molar-refractivity contribution < 1.29 is 14.3 Å². The van der Waals surface area contributed by atoms with Gasteiger partial charge in [-0.3, -0.25) is 9.59 Å². The first-order valence-electron chi connectivity index (χ1n) is 9.46. The Morgan fingerprint density at radius 2 is 1.61 bits per heavy atom. The second kappa shape index (κ2) is 8.46. The van der Waals surface area contributed by atoms with Gasteiger partial charge in [-0.15, -0.1) is 0 Å². The van der Waals surface area contributed by atoms with Crippen molar-refractivity contribution in [2.75, 3.05) is 17.3 Å². The van der Waals surface area contributed by atoms with Crippen molar-refractivity contribution in [3.63, 3.8) is 0 Å². The van der Waals surface area contributed by atoms with E-state index < -0.39 is 11.8 Å². The normalized spacial score (nSPS) is 13.7. The van der Waals surface area contributed by atoms with Gasteiger partial charge in [-0.25, -0.2) is 4.90 Å². The van der Waals surface area contributed by atoms with Gasteiger partial charge in [0.05, 0.1) is 18.4 Å². The molecular weight excluding hydrogens is 435 g/mol. The van der Waals surface area contributed by atoms with Crippen LogP contribution in [0, 0.1) is 6.92 Å². The molecule has 1 heterocycles. The number of hydrogen-bond donors (Lipinski definition) is 1. The lowest BCUT2D eigenvalue weighted by Gasteiger charge is -2.16. The molecule has 7 heteroatoms. The van der Waals surface area contributed by atoms with Gasteiger partial charge in [-0.05, 0) is 48.9 Å². The van der Waals surface area contributed by atoms with Crippen molar-refractivity contribution in [2.24, 2.45) is 0 Å². The van der Waals surface area contributed by atoms with E-state index in [-0.39, 0.29) is 11.3 Å². The molecule has 0 saturated carbocycles. The minimum absolute atomic E-state index is 0.139. The highest BCUT2D eigenvalue weighted by molar-refractivity contribution is 6.46. The number of carbonyl (C=O) groups excluding carboxylic acids is 2. The monoisotopic (exact) mass is 452 g/mol. The molecule has 0 fully saturated rings. The molecule has 0 saturated heterocycles. The van der Waals surface area contributed by atoms with Crippen LogP contribution < -0.4 is 15.0 Å². The third-order valence-corrected chi connectivity index (χ3v) is 5.46. The fourth-order valence-electron chi connectivity index (χ4n) is 3.46. The molecule has 0 radical (unpaired) electrons. The molecule has 1 aliphatic rings. The van der Waals surface area contributed by atoms with Gasteiger partial charge in [0.15, 0.2) is 0 Å². The zero-order valence-corrected chi connectivity index (χ0v) is 18.3. The van der Waals surface area contributed by atoms with Crippen LogP contribution in [0.5, 0.6) is 5.75 Å². The zero-order chi connectivity index (χ0) is 22.1. The van der Waals surface area contributed by atoms with E-state index in [1.807, 2.05) is 13.0 Å². The average Bonchev–Trinajstić information content (AvgIpc) is 3.00. The number of halogens is 2. The molecule has 1 N–H and O–H groups in total. The third kappa shape index (κ3) is 3.90. The molecule has 0 spiro atoms. The molecule has 0 aromatic heterocycles. The maximum Gasteiger partial charge on any atom is 0.282 e. The lowest BCUT2D eigenvalue weighted by Crippen LogP contribution is -2.32. The lowest BCUT2D eigenvalue weighted by molar-refractivity contribution is -0.120. The summed E-state index contributed by atoms with van der Waals surface area (Å²) in [4.78, 5) is 28.1. The molecular formula is C24H18Cl2N2O3. The topological polar surface area (TPSA) is 58.6 Å². The predicted octanol–water partition coefficient (Wildman–Crippen LogP) is 5.71. The molecule has 0 bridgehead atoms. The van der Waals surface area contributed by atoms with Crippen molar-refractivity contribution >= 4 is 52.0 Å². The summed E-state index contributed by atoms with van der Waals surface area (Å²) in [7, 11) is 1.52. The molecule has 156 valence electrons. The van der Waals surface area contributed by atoms with E-state index in [1.165, 1.54) is 7.11 Å². The van der Waals surface area contributed by atoms with Crippen LogP contribution in [0.3, 0.4) is 0 Å². The van der Waals surface area contributed by atoms with Gasteiger partial charge in [0, 0.05) is 21.3 Å². The number of rotatable bonds is 5. The Morgan fingerprint density at radius 3 is 2.35 bits per heavy atom. The Bertz CT molecular complexity index is 1240. The van der Waals surface area contributed by atoms with Crippen LogP contribution in [0.25, 0.3) is 5.57 Å². The standard InChI is InChI=1S/C24H18Cl2N2O3/c1-14-10-11-16(26)13-19(14)27-22-21(18-8-3-4-9-20(18)31-2)23(29)28(24(22)30)17-7-5-6-15(25)12-17/h3-13,27H,1-2H3. The Balaban J connectivity index is 1.90. The van der Waals surface area contributed by atoms with Gasteiger partial charge >= 0.3 is 0 Å². The van der Waals surface area contributed by atoms with E-state index in [1.54, 1.807) is 60.7 Å². The third-order valence-electron chi connectivity index (χ3n) is 4.99. The van der Waals surface area contributed by atoms with Crippen LogP contribution in [0.4, 0.5) is 11.4 Å². The number of methoxy groups -OCH3 is 1. The Hall–Kier alpha value is -3.28. The molecule has 5 nitrogen and oxygen atoms in total. The quantitative estimate of drug-likeness (QED) is 0.503. The number of ether oxygens (including phenoxy) is 1. The Kier molecular flexibility index (Phi) is 5.72. The number of imide groups is 1. The summed E-state index contributed by atoms with van der Waals surface area (Å²) in [5, 5.41) is 4.07. The molecule has 3 aromatic carbocycles. The van der Waals surface area contributed by atoms with Gasteiger partial charge in [0.25, 0.3) is 11.8 Å². The first kappa shape index (κ1) is 21.0. The molecule has 0 aliphatic carbocycles. The largest absolute Gasteiger partial charge is 0.496 e. The molecule has 1 aliphatic heterocycles. The van der Waals surface area contributed by atoms with E-state index in [0.29, 0.717) is 32.7 Å². The number of hydrogen-bond acceptors (Lipinski definition) is 4. The summed E-state index contributed by atoms with van der Waals surface area (Å²) in [6, 6.07) is 19.0. The summed E-state index contributed by atoms with van der Waals surface area (Å²) in [6.45, 7) is 1.89. The van der Waals surface area contributed by atoms with Crippen LogP contribution in [0.1, 0.15) is 11.1 Å². The number of nitrogens with one attached hydrogen (secondary N) is 1. The first-order valence-corrected chi connectivity index (χ1v) is 10.2. The van der Waals surface area contributed by atoms with Crippen molar-refractivity contribution in [2.45, 2.75) is 6.92 Å². The molecule has 0 unspecified atom stereocenters. The summed E-state index contributed by atoms with van der Waals surface area (Å²) < 4.78 is 5.46. The fourth-order valence-corrected chi connectivity index (χ4v) is 3.82. The highest BCUT2D eigenvalue weighted by atomic mass is 35.5. The minimum atomic E-state index is -0.493. The fraction of sp³-hybridized carbons (Fsp3) is 0.0833. The zero-order valence-electron chi connectivity index (χ0n) is 16.8. The second-order valence-electron chi connectivity index (χ2n) is 6.96. The molecule has 31 heavy (non-hydrogen) atoms. The minimum Gasteiger partial charge on any atom is -0.496 e. The summed E-state index contributed by atoms with van der Waals surface area (Å²) in [5.41, 5.74) is 2.74. The maximum absolute atomic E-state index is 13.5. The van der Waals surface area contributed by atoms with Gasteiger partial charge < -0.3 is 10.1 Å². The van der Waals surface area contributed by atoms with Crippen LogP contribution in [0.2, 0.25) is 10.0 Å². The van der Waals surface area contributed by atoms with E-state index in [9.17, 15) is 9.59 Å². The van der Waals surface area contributed by atoms with E-state index in [4.69, 9.17) is 27.9 Å². The van der Waals surface area contributed by atoms with E-state index in [0.717, 1.165) is 10.5 Å². The average molecular weight is 453 g/mol. The van der Waals surface area contributed by atoms with Crippen LogP contribution >= 0.6 is 23.2 Å². The van der Waals surface area contributed by atoms with Gasteiger partial charge in [-0.1, -0.05) is 53.5 Å². The lowest BCUT2D eigenvalue weighted by atomic mass is 10.0. The Labute approximate surface area is 189 Å². The predicted molar refractivity (Wildman–Crippen MR) is 124 cm³/mol. The summed E-state index contributed by atoms with van der Waals surface area (Å²) >= 11 is 12.3. The van der Waals surface area contributed by atoms with Crippen molar-refractivity contribution in [3.05, 3.63) is 93.6 Å². The van der Waals surface area contributed by atoms with Crippen molar-refractivity contribution in [1.29, 1.82) is 0 Å². The molecule has 4 rings (SSSR count). The number of benzene rings is 3. The Morgan fingerprint density at radius 1 is 0.871 bits per heavy atom. The van der Waals surface area contributed by atoms with Crippen molar-refractivity contribution in [3.8, 4) is 5.75 Å². The van der Waals surface area contributed by atoms with Gasteiger partial charge in [0.1, 0.15) is 11.4 Å². The molecule has 2 amide bonds. The van der Waals surface area contributed by atoms with E-state index >= 15 is 0 Å². The maximum atomic E-state index is 13.5. The summed E-state index contributed by atoms with van der Waals surface area (Å²) in [5.74, 6) is -0.486. The molecule has 0 atom stereocenters. The second-order valence-corrected chi connectivity index (χ2v) is 7.83. The van der Waals surface area contributed by atoms with Crippen molar-refractivity contribution in [1.82, 2.24) is 0 Å². The number of anilines is 2. The number of amides is 2. The smallest absolute Gasteiger partial charge is 0.282 e. The molecule has 3 aromatic rings. The number of aryl methyl sites for hydroxylation is 1. The summed E-state index contributed by atoms with van der Waals surface area (Å²) in [6.07, 6.45) is 0. The highest BCUT2D eigenvalue weighted by Crippen LogP contribution is 2.38.